The minimum atomic E-state index is -1.05. The lowest BCUT2D eigenvalue weighted by atomic mass is 10.1. The molecular formula is C17H17F3N6. The number of fused-ring (bicyclic) bond motifs is 1. The summed E-state index contributed by atoms with van der Waals surface area (Å²) in [5.41, 5.74) is 7.02. The lowest BCUT2D eigenvalue weighted by Crippen LogP contribution is -2.50. The molecule has 1 fully saturated rings. The molecule has 3 heterocycles. The third-order valence-electron chi connectivity index (χ3n) is 4.52. The Morgan fingerprint density at radius 2 is 1.92 bits per heavy atom. The maximum absolute atomic E-state index is 13.8. The van der Waals surface area contributed by atoms with Crippen LogP contribution >= 0.6 is 0 Å². The fourth-order valence-corrected chi connectivity index (χ4v) is 3.18. The van der Waals surface area contributed by atoms with Crippen LogP contribution in [0.15, 0.2) is 30.6 Å². The van der Waals surface area contributed by atoms with Crippen LogP contribution in [0.4, 0.5) is 19.1 Å². The molecule has 1 aliphatic heterocycles. The predicted octanol–water partition coefficient (Wildman–Crippen LogP) is 2.03. The van der Waals surface area contributed by atoms with Crippen LogP contribution in [0.3, 0.4) is 0 Å². The van der Waals surface area contributed by atoms with Gasteiger partial charge in [-0.15, -0.1) is 0 Å². The SMILES string of the molecule is NC1CN(c2nc3ccc(F)cc3n2Cc2ncc(F)cn2)CCC1F. The summed E-state index contributed by atoms with van der Waals surface area (Å²) >= 11 is 0. The minimum Gasteiger partial charge on any atom is -0.340 e. The molecule has 136 valence electrons. The molecule has 9 heteroatoms. The van der Waals surface area contributed by atoms with Crippen molar-refractivity contribution in [2.75, 3.05) is 18.0 Å². The Morgan fingerprint density at radius 1 is 1.15 bits per heavy atom. The van der Waals surface area contributed by atoms with Crippen molar-refractivity contribution in [3.05, 3.63) is 48.1 Å². The third-order valence-corrected chi connectivity index (χ3v) is 4.52. The first kappa shape index (κ1) is 16.8. The second-order valence-electron chi connectivity index (χ2n) is 6.36. The Hall–Kier alpha value is -2.68. The lowest BCUT2D eigenvalue weighted by molar-refractivity contribution is 0.243. The number of anilines is 1. The van der Waals surface area contributed by atoms with Crippen LogP contribution < -0.4 is 10.6 Å². The van der Waals surface area contributed by atoms with E-state index in [9.17, 15) is 13.2 Å². The van der Waals surface area contributed by atoms with E-state index in [0.29, 0.717) is 42.3 Å². The molecule has 2 N–H and O–H groups in total. The van der Waals surface area contributed by atoms with Crippen molar-refractivity contribution in [3.8, 4) is 0 Å². The van der Waals surface area contributed by atoms with Crippen LogP contribution in [-0.2, 0) is 6.54 Å². The van der Waals surface area contributed by atoms with E-state index in [4.69, 9.17) is 5.73 Å². The van der Waals surface area contributed by atoms with Gasteiger partial charge in [0.05, 0.1) is 36.0 Å². The number of halogens is 3. The summed E-state index contributed by atoms with van der Waals surface area (Å²) in [4.78, 5) is 14.4. The quantitative estimate of drug-likeness (QED) is 0.772. The van der Waals surface area contributed by atoms with Crippen LogP contribution in [0.25, 0.3) is 11.0 Å². The second-order valence-corrected chi connectivity index (χ2v) is 6.36. The molecule has 0 radical (unpaired) electrons. The highest BCUT2D eigenvalue weighted by molar-refractivity contribution is 5.79. The smallest absolute Gasteiger partial charge is 0.207 e. The first-order valence-electron chi connectivity index (χ1n) is 8.28. The zero-order chi connectivity index (χ0) is 18.3. The van der Waals surface area contributed by atoms with Gasteiger partial charge in [-0.1, -0.05) is 0 Å². The molecular weight excluding hydrogens is 345 g/mol. The fraction of sp³-hybridized carbons (Fsp3) is 0.353. The van der Waals surface area contributed by atoms with Crippen molar-refractivity contribution in [1.82, 2.24) is 19.5 Å². The lowest BCUT2D eigenvalue weighted by Gasteiger charge is -2.34. The number of alkyl halides is 1. The molecule has 2 unspecified atom stereocenters. The van der Waals surface area contributed by atoms with Gasteiger partial charge in [-0.2, -0.15) is 0 Å². The molecule has 4 rings (SSSR count). The van der Waals surface area contributed by atoms with Crippen molar-refractivity contribution >= 4 is 17.0 Å². The van der Waals surface area contributed by atoms with Crippen LogP contribution in [0.2, 0.25) is 0 Å². The van der Waals surface area contributed by atoms with Gasteiger partial charge in [-0.05, 0) is 24.6 Å². The Balaban J connectivity index is 1.77. The van der Waals surface area contributed by atoms with Crippen LogP contribution in [0.5, 0.6) is 0 Å². The number of benzene rings is 1. The van der Waals surface area contributed by atoms with E-state index in [2.05, 4.69) is 15.0 Å². The molecule has 0 amide bonds. The largest absolute Gasteiger partial charge is 0.340 e. The van der Waals surface area contributed by atoms with Gasteiger partial charge in [0.25, 0.3) is 0 Å². The number of imidazole rings is 1. The molecule has 2 aromatic heterocycles. The summed E-state index contributed by atoms with van der Waals surface area (Å²) in [6.07, 6.45) is 1.39. The second kappa shape index (κ2) is 6.56. The number of nitrogens with two attached hydrogens (primary N) is 1. The van der Waals surface area contributed by atoms with Crippen molar-refractivity contribution < 1.29 is 13.2 Å². The molecule has 1 saturated heterocycles. The number of rotatable bonds is 3. The number of aromatic nitrogens is 4. The Morgan fingerprint density at radius 3 is 2.65 bits per heavy atom. The van der Waals surface area contributed by atoms with E-state index in [1.54, 1.807) is 10.6 Å². The molecule has 0 saturated carbocycles. The van der Waals surface area contributed by atoms with Crippen molar-refractivity contribution in [3.63, 3.8) is 0 Å². The molecule has 3 aromatic rings. The van der Waals surface area contributed by atoms with Crippen LogP contribution in [0, 0.1) is 11.6 Å². The van der Waals surface area contributed by atoms with E-state index in [1.807, 2.05) is 4.90 Å². The number of hydrogen-bond donors (Lipinski definition) is 1. The van der Waals surface area contributed by atoms with Crippen molar-refractivity contribution in [2.45, 2.75) is 25.2 Å². The van der Waals surface area contributed by atoms with E-state index in [-0.39, 0.29) is 6.54 Å². The predicted molar refractivity (Wildman–Crippen MR) is 90.5 cm³/mol. The van der Waals surface area contributed by atoms with Gasteiger partial charge in [-0.25, -0.2) is 28.1 Å². The van der Waals surface area contributed by atoms with Gasteiger partial charge >= 0.3 is 0 Å². The van der Waals surface area contributed by atoms with Crippen LogP contribution in [0.1, 0.15) is 12.2 Å². The van der Waals surface area contributed by atoms with Gasteiger partial charge < -0.3 is 15.2 Å². The van der Waals surface area contributed by atoms with Crippen molar-refractivity contribution in [1.29, 1.82) is 0 Å². The molecule has 0 bridgehead atoms. The summed E-state index contributed by atoms with van der Waals surface area (Å²) < 4.78 is 42.3. The first-order chi connectivity index (χ1) is 12.5. The summed E-state index contributed by atoms with van der Waals surface area (Å²) in [7, 11) is 0. The Labute approximate surface area is 147 Å². The van der Waals surface area contributed by atoms with Gasteiger partial charge in [0.2, 0.25) is 5.95 Å². The first-order valence-corrected chi connectivity index (χ1v) is 8.28. The highest BCUT2D eigenvalue weighted by Gasteiger charge is 2.29. The standard InChI is InChI=1S/C17H17F3N6/c18-10-1-2-14-15(5-10)26(9-16-22-6-11(19)7-23-16)17(24-14)25-4-3-12(20)13(21)8-25/h1-2,5-7,12-13H,3-4,8-9,21H2. The zero-order valence-electron chi connectivity index (χ0n) is 13.8. The fourth-order valence-electron chi connectivity index (χ4n) is 3.18. The van der Waals surface area contributed by atoms with E-state index in [1.165, 1.54) is 12.1 Å². The van der Waals surface area contributed by atoms with E-state index < -0.39 is 23.8 Å². The molecule has 1 aliphatic rings. The number of piperidine rings is 1. The van der Waals surface area contributed by atoms with Gasteiger partial charge in [0.15, 0.2) is 5.82 Å². The molecule has 1 aromatic carbocycles. The van der Waals surface area contributed by atoms with Gasteiger partial charge in [0.1, 0.15) is 17.8 Å². The number of hydrogen-bond acceptors (Lipinski definition) is 5. The topological polar surface area (TPSA) is 72.9 Å². The zero-order valence-corrected chi connectivity index (χ0v) is 13.8. The molecule has 0 aliphatic carbocycles. The Kier molecular flexibility index (Phi) is 4.23. The summed E-state index contributed by atoms with van der Waals surface area (Å²) in [5.74, 6) is -0.0300. The molecule has 26 heavy (non-hydrogen) atoms. The van der Waals surface area contributed by atoms with E-state index in [0.717, 1.165) is 12.4 Å². The monoisotopic (exact) mass is 362 g/mol. The average Bonchev–Trinajstić information content (AvgIpc) is 2.97. The number of nitrogens with zero attached hydrogens (tertiary/aromatic N) is 5. The normalized spacial score (nSPS) is 20.7. The summed E-state index contributed by atoms with van der Waals surface area (Å²) in [6, 6.07) is 3.67. The third kappa shape index (κ3) is 3.10. The van der Waals surface area contributed by atoms with E-state index >= 15 is 0 Å². The highest BCUT2D eigenvalue weighted by atomic mass is 19.1. The molecule has 0 spiro atoms. The summed E-state index contributed by atoms with van der Waals surface area (Å²) in [6.45, 7) is 0.933. The maximum atomic E-state index is 13.8. The Bertz CT molecular complexity index is 926. The van der Waals surface area contributed by atoms with Crippen molar-refractivity contribution in [2.24, 2.45) is 5.73 Å². The summed E-state index contributed by atoms with van der Waals surface area (Å²) in [5, 5.41) is 0. The average molecular weight is 362 g/mol. The van der Waals surface area contributed by atoms with Crippen LogP contribution in [-0.4, -0.2) is 44.8 Å². The molecule has 2 atom stereocenters. The minimum absolute atomic E-state index is 0.181. The highest BCUT2D eigenvalue weighted by Crippen LogP contribution is 2.27. The molecule has 6 nitrogen and oxygen atoms in total. The van der Waals surface area contributed by atoms with Gasteiger partial charge in [0, 0.05) is 13.1 Å². The maximum Gasteiger partial charge on any atom is 0.207 e. The van der Waals surface area contributed by atoms with Gasteiger partial charge in [-0.3, -0.25) is 0 Å².